The third-order valence-corrected chi connectivity index (χ3v) is 4.76. The Morgan fingerprint density at radius 3 is 2.30 bits per heavy atom. The molecule has 0 fully saturated rings. The minimum Gasteiger partial charge on any atom is -0.301 e. The van der Waals surface area contributed by atoms with Gasteiger partial charge < -0.3 is 4.57 Å². The van der Waals surface area contributed by atoms with Gasteiger partial charge in [0.25, 0.3) is 10.0 Å². The lowest BCUT2D eigenvalue weighted by molar-refractivity contribution is 0.601. The molecule has 0 saturated heterocycles. The van der Waals surface area contributed by atoms with Gasteiger partial charge in [0.05, 0.1) is 9.92 Å². The van der Waals surface area contributed by atoms with Crippen molar-refractivity contribution in [3.05, 3.63) is 77.7 Å². The second-order valence-corrected chi connectivity index (χ2v) is 6.93. The number of benzene rings is 2. The lowest BCUT2D eigenvalue weighted by Crippen LogP contribution is -2.15. The Bertz CT molecular complexity index is 922. The Hall–Kier alpha value is -2.31. The van der Waals surface area contributed by atoms with Crippen LogP contribution in [0.4, 0.5) is 10.2 Å². The summed E-state index contributed by atoms with van der Waals surface area (Å²) in [5, 5.41) is 0.361. The second-order valence-electron chi connectivity index (χ2n) is 4.81. The molecule has 0 aliphatic heterocycles. The van der Waals surface area contributed by atoms with Gasteiger partial charge in [0.2, 0.25) is 0 Å². The predicted octanol–water partition coefficient (Wildman–Crippen LogP) is 4.07. The van der Waals surface area contributed by atoms with E-state index in [2.05, 4.69) is 4.72 Å². The Balaban J connectivity index is 2.00. The molecule has 0 amide bonds. The molecule has 1 N–H and O–H groups in total. The van der Waals surface area contributed by atoms with E-state index >= 15 is 0 Å². The highest BCUT2D eigenvalue weighted by Gasteiger charge is 2.17. The molecule has 0 radical (unpaired) electrons. The summed E-state index contributed by atoms with van der Waals surface area (Å²) in [6.07, 6.45) is 1.55. The van der Waals surface area contributed by atoms with Crippen LogP contribution in [0.15, 0.2) is 71.8 Å². The quantitative estimate of drug-likeness (QED) is 0.771. The average molecular weight is 351 g/mol. The zero-order valence-electron chi connectivity index (χ0n) is 11.8. The van der Waals surface area contributed by atoms with E-state index in [-0.39, 0.29) is 16.5 Å². The maximum absolute atomic E-state index is 13.1. The van der Waals surface area contributed by atoms with Crippen LogP contribution in [0.5, 0.6) is 0 Å². The van der Waals surface area contributed by atoms with E-state index in [0.717, 1.165) is 0 Å². The van der Waals surface area contributed by atoms with Gasteiger partial charge >= 0.3 is 0 Å². The summed E-state index contributed by atoms with van der Waals surface area (Å²) in [5.41, 5.74) is 0.587. The van der Waals surface area contributed by atoms with E-state index in [0.29, 0.717) is 10.7 Å². The molecule has 0 saturated carbocycles. The van der Waals surface area contributed by atoms with Crippen LogP contribution in [0.2, 0.25) is 5.02 Å². The van der Waals surface area contributed by atoms with Crippen molar-refractivity contribution in [2.24, 2.45) is 0 Å². The summed E-state index contributed by atoms with van der Waals surface area (Å²) in [6.45, 7) is 0. The van der Waals surface area contributed by atoms with Crippen molar-refractivity contribution in [3.8, 4) is 5.69 Å². The minimum absolute atomic E-state index is 0.142. The summed E-state index contributed by atoms with van der Waals surface area (Å²) in [6, 6.07) is 15.1. The first-order valence-corrected chi connectivity index (χ1v) is 8.53. The van der Waals surface area contributed by atoms with Crippen molar-refractivity contribution in [2.75, 3.05) is 4.72 Å². The third-order valence-electron chi connectivity index (χ3n) is 3.18. The lowest BCUT2D eigenvalue weighted by atomic mass is 10.3. The van der Waals surface area contributed by atoms with E-state index < -0.39 is 10.0 Å². The molecule has 1 heterocycles. The van der Waals surface area contributed by atoms with Gasteiger partial charge in [0, 0.05) is 18.0 Å². The van der Waals surface area contributed by atoms with E-state index in [1.807, 2.05) is 0 Å². The zero-order valence-corrected chi connectivity index (χ0v) is 13.4. The molecule has 2 aromatic carbocycles. The highest BCUT2D eigenvalue weighted by atomic mass is 35.5. The van der Waals surface area contributed by atoms with Gasteiger partial charge in [-0.3, -0.25) is 4.72 Å². The Labute approximate surface area is 138 Å². The first kappa shape index (κ1) is 15.6. The molecule has 0 atom stereocenters. The summed E-state index contributed by atoms with van der Waals surface area (Å²) < 4.78 is 41.9. The SMILES string of the molecule is O=S(=O)(Nc1cc(Cl)cn1-c1ccc(F)cc1)c1ccccc1. The number of nitrogens with one attached hydrogen (secondary N) is 1. The number of hydrogen-bond acceptors (Lipinski definition) is 2. The number of halogens is 2. The third kappa shape index (κ3) is 3.38. The van der Waals surface area contributed by atoms with Gasteiger partial charge in [-0.25, -0.2) is 12.8 Å². The molecule has 3 rings (SSSR count). The molecule has 1 aromatic heterocycles. The van der Waals surface area contributed by atoms with E-state index in [1.165, 1.54) is 42.5 Å². The maximum Gasteiger partial charge on any atom is 0.263 e. The van der Waals surface area contributed by atoms with E-state index in [9.17, 15) is 12.8 Å². The number of anilines is 1. The molecule has 23 heavy (non-hydrogen) atoms. The standard InChI is InChI=1S/C16H12ClFN2O2S/c17-12-10-16(19-23(21,22)15-4-2-1-3-5-15)20(11-12)14-8-6-13(18)7-9-14/h1-11,19H. The predicted molar refractivity (Wildman–Crippen MR) is 88.0 cm³/mol. The van der Waals surface area contributed by atoms with Crippen LogP contribution in [0.1, 0.15) is 0 Å². The Morgan fingerprint density at radius 2 is 1.65 bits per heavy atom. The molecular formula is C16H12ClFN2O2S. The molecule has 3 aromatic rings. The van der Waals surface area contributed by atoms with Crippen LogP contribution >= 0.6 is 11.6 Å². The molecule has 118 valence electrons. The molecule has 7 heteroatoms. The van der Waals surface area contributed by atoms with Gasteiger partial charge in [-0.05, 0) is 36.4 Å². The highest BCUT2D eigenvalue weighted by Crippen LogP contribution is 2.25. The normalized spacial score (nSPS) is 11.4. The first-order chi connectivity index (χ1) is 11.0. The van der Waals surface area contributed by atoms with Gasteiger partial charge in [0.15, 0.2) is 0 Å². The minimum atomic E-state index is -3.74. The second kappa shape index (κ2) is 6.06. The summed E-state index contributed by atoms with van der Waals surface area (Å²) >= 11 is 5.99. The fraction of sp³-hybridized carbons (Fsp3) is 0. The van der Waals surface area contributed by atoms with E-state index in [1.54, 1.807) is 29.0 Å². The van der Waals surface area contributed by atoms with Crippen LogP contribution in [0.3, 0.4) is 0 Å². The Kier molecular flexibility index (Phi) is 4.11. The lowest BCUT2D eigenvalue weighted by Gasteiger charge is -2.12. The number of sulfonamides is 1. The van der Waals surface area contributed by atoms with Crippen molar-refractivity contribution < 1.29 is 12.8 Å². The van der Waals surface area contributed by atoms with Crippen molar-refractivity contribution in [3.63, 3.8) is 0 Å². The van der Waals surface area contributed by atoms with Gasteiger partial charge in [0.1, 0.15) is 11.6 Å². The largest absolute Gasteiger partial charge is 0.301 e. The molecule has 0 aliphatic carbocycles. The number of nitrogens with zero attached hydrogens (tertiary/aromatic N) is 1. The fourth-order valence-corrected chi connectivity index (χ4v) is 3.39. The zero-order chi connectivity index (χ0) is 16.4. The molecule has 0 aliphatic rings. The van der Waals surface area contributed by atoms with Crippen molar-refractivity contribution in [2.45, 2.75) is 4.90 Å². The van der Waals surface area contributed by atoms with Crippen molar-refractivity contribution >= 4 is 27.4 Å². The molecule has 0 bridgehead atoms. The van der Waals surface area contributed by atoms with Crippen molar-refractivity contribution in [1.29, 1.82) is 0 Å². The molecule has 4 nitrogen and oxygen atoms in total. The van der Waals surface area contributed by atoms with Crippen LogP contribution in [0, 0.1) is 5.82 Å². The van der Waals surface area contributed by atoms with Crippen LogP contribution in [-0.2, 0) is 10.0 Å². The molecule has 0 unspecified atom stereocenters. The van der Waals surface area contributed by atoms with Gasteiger partial charge in [-0.15, -0.1) is 0 Å². The smallest absolute Gasteiger partial charge is 0.263 e. The van der Waals surface area contributed by atoms with Crippen molar-refractivity contribution in [1.82, 2.24) is 4.57 Å². The van der Waals surface area contributed by atoms with E-state index in [4.69, 9.17) is 11.6 Å². The topological polar surface area (TPSA) is 51.1 Å². The summed E-state index contributed by atoms with van der Waals surface area (Å²) in [4.78, 5) is 0.142. The maximum atomic E-state index is 13.1. The average Bonchev–Trinajstić information content (AvgIpc) is 2.89. The summed E-state index contributed by atoms with van der Waals surface area (Å²) in [5.74, 6) is -0.108. The first-order valence-electron chi connectivity index (χ1n) is 6.67. The highest BCUT2D eigenvalue weighted by molar-refractivity contribution is 7.92. The van der Waals surface area contributed by atoms with Crippen LogP contribution in [0.25, 0.3) is 5.69 Å². The van der Waals surface area contributed by atoms with Gasteiger partial charge in [-0.2, -0.15) is 0 Å². The van der Waals surface area contributed by atoms with Crippen LogP contribution < -0.4 is 4.72 Å². The molecular weight excluding hydrogens is 339 g/mol. The monoisotopic (exact) mass is 350 g/mol. The number of hydrogen-bond donors (Lipinski definition) is 1. The Morgan fingerprint density at radius 1 is 1.00 bits per heavy atom. The van der Waals surface area contributed by atoms with Crippen LogP contribution in [-0.4, -0.2) is 13.0 Å². The number of rotatable bonds is 4. The number of aromatic nitrogens is 1. The fourth-order valence-electron chi connectivity index (χ4n) is 2.12. The summed E-state index contributed by atoms with van der Waals surface area (Å²) in [7, 11) is -3.74. The molecule has 0 spiro atoms. The van der Waals surface area contributed by atoms with Gasteiger partial charge in [-0.1, -0.05) is 29.8 Å².